The minimum Gasteiger partial charge on any atom is -0.391 e. The molecule has 2 atom stereocenters. The normalized spacial score (nSPS) is 25.2. The number of likely N-dealkylation sites (N-methyl/N-ethyl adjacent to an activating group) is 1. The molecule has 3 heteroatoms. The predicted octanol–water partition coefficient (Wildman–Crippen LogP) is 3.18. The van der Waals surface area contributed by atoms with Gasteiger partial charge in [-0.2, -0.15) is 0 Å². The van der Waals surface area contributed by atoms with E-state index in [1.165, 1.54) is 18.4 Å². The molecule has 1 aliphatic carbocycles. The Morgan fingerprint density at radius 1 is 1.35 bits per heavy atom. The van der Waals surface area contributed by atoms with Gasteiger partial charge < -0.3 is 5.11 Å². The third kappa shape index (κ3) is 3.54. The van der Waals surface area contributed by atoms with Gasteiger partial charge in [-0.25, -0.2) is 0 Å². The highest BCUT2D eigenvalue weighted by Gasteiger charge is 2.26. The fraction of sp³-hybridized carbons (Fsp3) is 0.571. The number of halogens is 1. The third-order valence-corrected chi connectivity index (χ3v) is 4.07. The van der Waals surface area contributed by atoms with Crippen molar-refractivity contribution < 1.29 is 5.11 Å². The predicted molar refractivity (Wildman–Crippen MR) is 73.9 cm³/mol. The van der Waals surface area contributed by atoms with Crippen LogP contribution >= 0.6 is 15.9 Å². The molecule has 0 aliphatic heterocycles. The molecule has 17 heavy (non-hydrogen) atoms. The number of aliphatic hydroxyl groups is 1. The van der Waals surface area contributed by atoms with Crippen molar-refractivity contribution in [3.63, 3.8) is 0 Å². The van der Waals surface area contributed by atoms with Crippen molar-refractivity contribution in [1.29, 1.82) is 0 Å². The average Bonchev–Trinajstić information content (AvgIpc) is 2.29. The van der Waals surface area contributed by atoms with Gasteiger partial charge in [0, 0.05) is 17.1 Å². The van der Waals surface area contributed by atoms with Gasteiger partial charge in [0.15, 0.2) is 0 Å². The van der Waals surface area contributed by atoms with E-state index < -0.39 is 0 Å². The second kappa shape index (κ2) is 5.98. The highest BCUT2D eigenvalue weighted by Crippen LogP contribution is 2.24. The van der Waals surface area contributed by atoms with Crippen LogP contribution in [0.3, 0.4) is 0 Å². The van der Waals surface area contributed by atoms with E-state index in [4.69, 9.17) is 0 Å². The smallest absolute Gasteiger partial charge is 0.0695 e. The molecule has 0 saturated heterocycles. The highest BCUT2D eigenvalue weighted by atomic mass is 79.9. The standard InChI is InChI=1S/C14H20BrNO/c1-16(13-7-2-3-8-14(13)17)10-11-5-4-6-12(15)9-11/h4-6,9,13-14,17H,2-3,7-8,10H2,1H3. The number of rotatable bonds is 3. The molecular weight excluding hydrogens is 278 g/mol. The lowest BCUT2D eigenvalue weighted by atomic mass is 9.91. The van der Waals surface area contributed by atoms with Crippen LogP contribution in [0.25, 0.3) is 0 Å². The number of benzene rings is 1. The minimum absolute atomic E-state index is 0.152. The monoisotopic (exact) mass is 297 g/mol. The van der Waals surface area contributed by atoms with Crippen molar-refractivity contribution in [2.24, 2.45) is 0 Å². The molecule has 2 unspecified atom stereocenters. The first-order valence-electron chi connectivity index (χ1n) is 6.29. The van der Waals surface area contributed by atoms with Gasteiger partial charge in [-0.3, -0.25) is 4.90 Å². The Bertz CT molecular complexity index is 369. The zero-order valence-corrected chi connectivity index (χ0v) is 11.9. The molecule has 1 saturated carbocycles. The second-order valence-corrected chi connectivity index (χ2v) is 5.88. The van der Waals surface area contributed by atoms with E-state index in [0.29, 0.717) is 6.04 Å². The summed E-state index contributed by atoms with van der Waals surface area (Å²) in [5.74, 6) is 0. The molecule has 0 bridgehead atoms. The van der Waals surface area contributed by atoms with Gasteiger partial charge in [-0.05, 0) is 37.6 Å². The zero-order chi connectivity index (χ0) is 12.3. The van der Waals surface area contributed by atoms with Gasteiger partial charge in [0.1, 0.15) is 0 Å². The van der Waals surface area contributed by atoms with Gasteiger partial charge in [-0.15, -0.1) is 0 Å². The molecule has 0 radical (unpaired) electrons. The third-order valence-electron chi connectivity index (χ3n) is 3.58. The van der Waals surface area contributed by atoms with Gasteiger partial charge >= 0.3 is 0 Å². The van der Waals surface area contributed by atoms with Crippen LogP contribution in [0.2, 0.25) is 0 Å². The molecule has 0 spiro atoms. The molecule has 1 N–H and O–H groups in total. The van der Waals surface area contributed by atoms with Crippen molar-refractivity contribution >= 4 is 15.9 Å². The van der Waals surface area contributed by atoms with E-state index >= 15 is 0 Å². The summed E-state index contributed by atoms with van der Waals surface area (Å²) in [4.78, 5) is 2.28. The molecular formula is C14H20BrNO. The lowest BCUT2D eigenvalue weighted by Crippen LogP contribution is -2.42. The molecule has 0 amide bonds. The van der Waals surface area contributed by atoms with Crippen LogP contribution in [0.1, 0.15) is 31.2 Å². The van der Waals surface area contributed by atoms with Crippen LogP contribution in [-0.2, 0) is 6.54 Å². The van der Waals surface area contributed by atoms with Crippen molar-refractivity contribution in [2.75, 3.05) is 7.05 Å². The Labute approximate surface area is 112 Å². The van der Waals surface area contributed by atoms with Crippen LogP contribution in [0.5, 0.6) is 0 Å². The van der Waals surface area contributed by atoms with Gasteiger partial charge in [0.2, 0.25) is 0 Å². The number of hydrogen-bond donors (Lipinski definition) is 1. The first-order valence-corrected chi connectivity index (χ1v) is 7.09. The Hall–Kier alpha value is -0.380. The summed E-state index contributed by atoms with van der Waals surface area (Å²) >= 11 is 3.49. The largest absolute Gasteiger partial charge is 0.391 e. The maximum absolute atomic E-state index is 10.0. The Morgan fingerprint density at radius 3 is 2.82 bits per heavy atom. The minimum atomic E-state index is -0.152. The van der Waals surface area contributed by atoms with E-state index in [1.807, 2.05) is 6.07 Å². The second-order valence-electron chi connectivity index (χ2n) is 4.96. The maximum atomic E-state index is 10.0. The van der Waals surface area contributed by atoms with Crippen molar-refractivity contribution in [1.82, 2.24) is 4.90 Å². The maximum Gasteiger partial charge on any atom is 0.0695 e. The summed E-state index contributed by atoms with van der Waals surface area (Å²) in [7, 11) is 2.11. The fourth-order valence-electron chi connectivity index (χ4n) is 2.65. The lowest BCUT2D eigenvalue weighted by molar-refractivity contribution is 0.0288. The van der Waals surface area contributed by atoms with Crippen LogP contribution < -0.4 is 0 Å². The topological polar surface area (TPSA) is 23.5 Å². The summed E-state index contributed by atoms with van der Waals surface area (Å²) in [6.07, 6.45) is 4.33. The summed E-state index contributed by atoms with van der Waals surface area (Å²) in [6, 6.07) is 8.70. The van der Waals surface area contributed by atoms with Gasteiger partial charge in [0.05, 0.1) is 6.10 Å². The average molecular weight is 298 g/mol. The number of hydrogen-bond acceptors (Lipinski definition) is 2. The van der Waals surface area contributed by atoms with Crippen LogP contribution in [0.4, 0.5) is 0 Å². The summed E-state index contributed by atoms with van der Waals surface area (Å²) in [5.41, 5.74) is 1.29. The molecule has 0 aromatic heterocycles. The number of nitrogens with zero attached hydrogens (tertiary/aromatic N) is 1. The molecule has 2 rings (SSSR count). The number of aliphatic hydroxyl groups excluding tert-OH is 1. The van der Waals surface area contributed by atoms with Gasteiger partial charge in [-0.1, -0.05) is 40.9 Å². The van der Waals surface area contributed by atoms with E-state index in [2.05, 4.69) is 46.1 Å². The Morgan fingerprint density at radius 2 is 2.12 bits per heavy atom. The molecule has 2 nitrogen and oxygen atoms in total. The highest BCUT2D eigenvalue weighted by molar-refractivity contribution is 9.10. The van der Waals surface area contributed by atoms with Crippen LogP contribution in [-0.4, -0.2) is 29.2 Å². The first kappa shape index (κ1) is 13.1. The summed E-state index contributed by atoms with van der Waals surface area (Å²) in [5, 5.41) is 10.0. The van der Waals surface area contributed by atoms with E-state index in [1.54, 1.807) is 0 Å². The van der Waals surface area contributed by atoms with Crippen LogP contribution in [0, 0.1) is 0 Å². The SMILES string of the molecule is CN(Cc1cccc(Br)c1)C1CCCCC1O. The van der Waals surface area contributed by atoms with Crippen molar-refractivity contribution in [3.05, 3.63) is 34.3 Å². The van der Waals surface area contributed by atoms with Crippen molar-refractivity contribution in [3.8, 4) is 0 Å². The van der Waals surface area contributed by atoms with Crippen molar-refractivity contribution in [2.45, 2.75) is 44.4 Å². The molecule has 1 aromatic rings. The fourth-order valence-corrected chi connectivity index (χ4v) is 3.09. The lowest BCUT2D eigenvalue weighted by Gasteiger charge is -2.35. The summed E-state index contributed by atoms with van der Waals surface area (Å²) in [6.45, 7) is 0.904. The molecule has 94 valence electrons. The van der Waals surface area contributed by atoms with Gasteiger partial charge in [0.25, 0.3) is 0 Å². The molecule has 1 aliphatic rings. The molecule has 1 aromatic carbocycles. The van der Waals surface area contributed by atoms with E-state index in [9.17, 15) is 5.11 Å². The Balaban J connectivity index is 1.98. The first-order chi connectivity index (χ1) is 8.16. The van der Waals surface area contributed by atoms with E-state index in [0.717, 1.165) is 23.9 Å². The van der Waals surface area contributed by atoms with Crippen LogP contribution in [0.15, 0.2) is 28.7 Å². The zero-order valence-electron chi connectivity index (χ0n) is 10.3. The Kier molecular flexibility index (Phi) is 4.60. The quantitative estimate of drug-likeness (QED) is 0.926. The summed E-state index contributed by atoms with van der Waals surface area (Å²) < 4.78 is 1.12. The molecule has 1 fully saturated rings. The van der Waals surface area contributed by atoms with E-state index in [-0.39, 0.29) is 6.10 Å². The molecule has 0 heterocycles.